The van der Waals surface area contributed by atoms with Gasteiger partial charge < -0.3 is 10.6 Å². The van der Waals surface area contributed by atoms with Crippen LogP contribution in [0.3, 0.4) is 0 Å². The maximum Gasteiger partial charge on any atom is 0.330 e. The molecule has 0 amide bonds. The lowest BCUT2D eigenvalue weighted by Crippen LogP contribution is -2.17. The SMILES string of the molecule is CCNCCCNc1nn(C)cc1[N+](=O)[O-]. The van der Waals surface area contributed by atoms with E-state index < -0.39 is 4.92 Å². The summed E-state index contributed by atoms with van der Waals surface area (Å²) in [5, 5.41) is 20.8. The first kappa shape index (κ1) is 12.4. The first-order chi connectivity index (χ1) is 7.65. The van der Waals surface area contributed by atoms with Gasteiger partial charge in [-0.15, -0.1) is 5.10 Å². The number of aromatic nitrogens is 2. The molecule has 0 saturated carbocycles. The third-order valence-electron chi connectivity index (χ3n) is 2.08. The predicted octanol–water partition coefficient (Wildman–Crippen LogP) is 0.740. The summed E-state index contributed by atoms with van der Waals surface area (Å²) in [6, 6.07) is 0. The van der Waals surface area contributed by atoms with Crippen LogP contribution in [0.25, 0.3) is 0 Å². The van der Waals surface area contributed by atoms with Crippen molar-refractivity contribution in [2.75, 3.05) is 25.0 Å². The second-order valence-electron chi connectivity index (χ2n) is 3.43. The quantitative estimate of drug-likeness (QED) is 0.407. The van der Waals surface area contributed by atoms with Crippen LogP contribution in [0, 0.1) is 10.1 Å². The first-order valence-corrected chi connectivity index (χ1v) is 5.27. The molecule has 1 aromatic heterocycles. The normalized spacial score (nSPS) is 10.4. The summed E-state index contributed by atoms with van der Waals surface area (Å²) in [5.41, 5.74) is 0.0194. The zero-order valence-electron chi connectivity index (χ0n) is 9.56. The summed E-state index contributed by atoms with van der Waals surface area (Å²) in [4.78, 5) is 10.2. The Morgan fingerprint density at radius 3 is 2.94 bits per heavy atom. The fraction of sp³-hybridized carbons (Fsp3) is 0.667. The summed E-state index contributed by atoms with van der Waals surface area (Å²) >= 11 is 0. The van der Waals surface area contributed by atoms with E-state index >= 15 is 0 Å². The summed E-state index contributed by atoms with van der Waals surface area (Å²) in [6.07, 6.45) is 2.30. The van der Waals surface area contributed by atoms with E-state index in [0.717, 1.165) is 19.5 Å². The smallest absolute Gasteiger partial charge is 0.330 e. The highest BCUT2D eigenvalue weighted by Crippen LogP contribution is 2.20. The molecule has 0 aliphatic rings. The number of nitro groups is 1. The summed E-state index contributed by atoms with van der Waals surface area (Å²) in [6.45, 7) is 4.54. The van der Waals surface area contributed by atoms with Crippen molar-refractivity contribution in [1.29, 1.82) is 0 Å². The average Bonchev–Trinajstić information content (AvgIpc) is 2.59. The van der Waals surface area contributed by atoms with Crippen molar-refractivity contribution in [2.24, 2.45) is 7.05 Å². The van der Waals surface area contributed by atoms with Crippen LogP contribution in [0.4, 0.5) is 11.5 Å². The van der Waals surface area contributed by atoms with Crippen LogP contribution in [0.1, 0.15) is 13.3 Å². The molecule has 1 aromatic rings. The van der Waals surface area contributed by atoms with Gasteiger partial charge in [-0.3, -0.25) is 14.8 Å². The molecule has 0 bridgehead atoms. The molecule has 1 rings (SSSR count). The van der Waals surface area contributed by atoms with Crippen LogP contribution < -0.4 is 10.6 Å². The third-order valence-corrected chi connectivity index (χ3v) is 2.08. The summed E-state index contributed by atoms with van der Waals surface area (Å²) < 4.78 is 1.44. The van der Waals surface area contributed by atoms with Gasteiger partial charge in [-0.05, 0) is 19.5 Å². The molecule has 0 radical (unpaired) electrons. The molecule has 2 N–H and O–H groups in total. The van der Waals surface area contributed by atoms with Gasteiger partial charge in [-0.25, -0.2) is 0 Å². The molecular weight excluding hydrogens is 210 g/mol. The van der Waals surface area contributed by atoms with Gasteiger partial charge >= 0.3 is 5.69 Å². The van der Waals surface area contributed by atoms with Crippen LogP contribution >= 0.6 is 0 Å². The van der Waals surface area contributed by atoms with Gasteiger partial charge in [-0.1, -0.05) is 6.92 Å². The zero-order chi connectivity index (χ0) is 12.0. The Morgan fingerprint density at radius 2 is 2.31 bits per heavy atom. The Labute approximate surface area is 94.0 Å². The lowest BCUT2D eigenvalue weighted by Gasteiger charge is -2.02. The summed E-state index contributed by atoms with van der Waals surface area (Å²) in [7, 11) is 1.66. The van der Waals surface area contributed by atoms with Gasteiger partial charge in [0.1, 0.15) is 6.20 Å². The van der Waals surface area contributed by atoms with Crippen LogP contribution in [-0.4, -0.2) is 34.3 Å². The molecule has 0 atom stereocenters. The molecule has 0 saturated heterocycles. The fourth-order valence-corrected chi connectivity index (χ4v) is 1.33. The van der Waals surface area contributed by atoms with E-state index in [1.807, 2.05) is 6.92 Å². The van der Waals surface area contributed by atoms with E-state index in [-0.39, 0.29) is 5.69 Å². The van der Waals surface area contributed by atoms with Crippen molar-refractivity contribution in [3.8, 4) is 0 Å². The fourth-order valence-electron chi connectivity index (χ4n) is 1.33. The molecule has 90 valence electrons. The van der Waals surface area contributed by atoms with E-state index in [4.69, 9.17) is 0 Å². The molecule has 0 spiro atoms. The molecule has 7 nitrogen and oxygen atoms in total. The van der Waals surface area contributed by atoms with E-state index in [0.29, 0.717) is 12.4 Å². The second kappa shape index (κ2) is 6.06. The minimum absolute atomic E-state index is 0.0194. The molecular formula is C9H17N5O2. The zero-order valence-corrected chi connectivity index (χ0v) is 9.56. The van der Waals surface area contributed by atoms with Crippen molar-refractivity contribution >= 4 is 11.5 Å². The largest absolute Gasteiger partial charge is 0.363 e. The third kappa shape index (κ3) is 3.50. The number of hydrogen-bond acceptors (Lipinski definition) is 5. The molecule has 16 heavy (non-hydrogen) atoms. The van der Waals surface area contributed by atoms with Gasteiger partial charge in [0.25, 0.3) is 0 Å². The van der Waals surface area contributed by atoms with Crippen molar-refractivity contribution in [3.05, 3.63) is 16.3 Å². The van der Waals surface area contributed by atoms with Crippen LogP contribution in [0.15, 0.2) is 6.20 Å². The highest BCUT2D eigenvalue weighted by molar-refractivity contribution is 5.54. The Balaban J connectivity index is 2.44. The summed E-state index contributed by atoms with van der Waals surface area (Å²) in [5.74, 6) is 0.337. The molecule has 7 heteroatoms. The van der Waals surface area contributed by atoms with Crippen molar-refractivity contribution in [3.63, 3.8) is 0 Å². The standard InChI is InChI=1S/C9H17N5O2/c1-3-10-5-4-6-11-9-8(14(15)16)7-13(2)12-9/h7,10H,3-6H2,1-2H3,(H,11,12). The maximum absolute atomic E-state index is 10.7. The number of anilines is 1. The minimum Gasteiger partial charge on any atom is -0.363 e. The van der Waals surface area contributed by atoms with Crippen LogP contribution in [0.5, 0.6) is 0 Å². The number of aryl methyl sites for hydroxylation is 1. The van der Waals surface area contributed by atoms with Crippen molar-refractivity contribution in [2.45, 2.75) is 13.3 Å². The van der Waals surface area contributed by atoms with Crippen molar-refractivity contribution in [1.82, 2.24) is 15.1 Å². The molecule has 0 aromatic carbocycles. The lowest BCUT2D eigenvalue weighted by molar-refractivity contribution is -0.384. The van der Waals surface area contributed by atoms with Gasteiger partial charge in [-0.2, -0.15) is 0 Å². The first-order valence-electron chi connectivity index (χ1n) is 5.27. The van der Waals surface area contributed by atoms with Gasteiger partial charge in [0.05, 0.1) is 4.92 Å². The van der Waals surface area contributed by atoms with E-state index in [1.54, 1.807) is 7.05 Å². The predicted molar refractivity (Wildman–Crippen MR) is 61.5 cm³/mol. The molecule has 0 aliphatic carbocycles. The topological polar surface area (TPSA) is 85.0 Å². The Kier molecular flexibility index (Phi) is 4.71. The van der Waals surface area contributed by atoms with Crippen molar-refractivity contribution < 1.29 is 4.92 Å². The number of rotatable bonds is 7. The van der Waals surface area contributed by atoms with Crippen LogP contribution in [0.2, 0.25) is 0 Å². The molecule has 0 unspecified atom stereocenters. The van der Waals surface area contributed by atoms with E-state index in [2.05, 4.69) is 15.7 Å². The molecule has 0 aliphatic heterocycles. The Morgan fingerprint density at radius 1 is 1.56 bits per heavy atom. The number of nitrogens with zero attached hydrogens (tertiary/aromatic N) is 3. The van der Waals surface area contributed by atoms with Crippen LogP contribution in [-0.2, 0) is 7.05 Å². The highest BCUT2D eigenvalue weighted by atomic mass is 16.6. The van der Waals surface area contributed by atoms with Gasteiger partial charge in [0.2, 0.25) is 5.82 Å². The second-order valence-corrected chi connectivity index (χ2v) is 3.43. The maximum atomic E-state index is 10.7. The lowest BCUT2D eigenvalue weighted by atomic mass is 10.4. The van der Waals surface area contributed by atoms with E-state index in [1.165, 1.54) is 10.9 Å². The minimum atomic E-state index is -0.431. The van der Waals surface area contributed by atoms with Gasteiger partial charge in [0.15, 0.2) is 0 Å². The highest BCUT2D eigenvalue weighted by Gasteiger charge is 2.17. The molecule has 0 fully saturated rings. The van der Waals surface area contributed by atoms with Gasteiger partial charge in [0, 0.05) is 13.6 Å². The molecule has 1 heterocycles. The monoisotopic (exact) mass is 227 g/mol. The Bertz CT molecular complexity index is 350. The number of nitrogens with one attached hydrogen (secondary N) is 2. The average molecular weight is 227 g/mol. The Hall–Kier alpha value is -1.63. The number of hydrogen-bond donors (Lipinski definition) is 2. The van der Waals surface area contributed by atoms with E-state index in [9.17, 15) is 10.1 Å².